The summed E-state index contributed by atoms with van der Waals surface area (Å²) in [6.45, 7) is 3.94. The summed E-state index contributed by atoms with van der Waals surface area (Å²) in [5.41, 5.74) is 2.49. The van der Waals surface area contributed by atoms with Crippen molar-refractivity contribution in [2.24, 2.45) is 0 Å². The van der Waals surface area contributed by atoms with Crippen LogP contribution in [0.3, 0.4) is 0 Å². The van der Waals surface area contributed by atoms with Gasteiger partial charge >= 0.3 is 0 Å². The molecule has 0 fully saturated rings. The lowest BCUT2D eigenvalue weighted by Gasteiger charge is -2.09. The fraction of sp³-hybridized carbons (Fsp3) is 0.150. The average molecular weight is 333 g/mol. The first-order valence-electron chi connectivity index (χ1n) is 8.06. The molecular formula is C20H19N3O2. The second kappa shape index (κ2) is 7.57. The molecule has 0 aliphatic rings. The lowest BCUT2D eigenvalue weighted by molar-refractivity contribution is 0.104. The highest BCUT2D eigenvalue weighted by molar-refractivity contribution is 6.06. The molecule has 0 amide bonds. The molecule has 0 bridgehead atoms. The molecule has 1 aromatic heterocycles. The molecule has 2 aromatic carbocycles. The first kappa shape index (κ1) is 16.6. The van der Waals surface area contributed by atoms with Gasteiger partial charge in [0.05, 0.1) is 11.8 Å². The highest BCUT2D eigenvalue weighted by Gasteiger charge is 2.03. The zero-order chi connectivity index (χ0) is 17.6. The summed E-state index contributed by atoms with van der Waals surface area (Å²) in [6.07, 6.45) is 6.61. The van der Waals surface area contributed by atoms with Gasteiger partial charge in [0.1, 0.15) is 18.4 Å². The Morgan fingerprint density at radius 2 is 1.80 bits per heavy atom. The van der Waals surface area contributed by atoms with Gasteiger partial charge in [0.2, 0.25) is 0 Å². The van der Waals surface area contributed by atoms with Crippen molar-refractivity contribution in [3.63, 3.8) is 0 Å². The van der Waals surface area contributed by atoms with E-state index in [0.29, 0.717) is 5.56 Å². The van der Waals surface area contributed by atoms with Crippen LogP contribution in [0, 0.1) is 0 Å². The number of hydrogen-bond donors (Lipinski definition) is 0. The average Bonchev–Trinajstić information content (AvgIpc) is 3.15. The van der Waals surface area contributed by atoms with Crippen molar-refractivity contribution in [2.75, 3.05) is 0 Å². The van der Waals surface area contributed by atoms with Gasteiger partial charge in [-0.25, -0.2) is 9.67 Å². The van der Waals surface area contributed by atoms with E-state index in [1.807, 2.05) is 50.2 Å². The van der Waals surface area contributed by atoms with Crippen LogP contribution in [0.4, 0.5) is 0 Å². The lowest BCUT2D eigenvalue weighted by Crippen LogP contribution is -2.05. The minimum absolute atomic E-state index is 0.0450. The Morgan fingerprint density at radius 3 is 2.40 bits per heavy atom. The molecule has 3 rings (SSSR count). The van der Waals surface area contributed by atoms with Crippen molar-refractivity contribution in [1.29, 1.82) is 0 Å². The lowest BCUT2D eigenvalue weighted by atomic mass is 10.1. The molecule has 0 N–H and O–H groups in total. The number of benzene rings is 2. The van der Waals surface area contributed by atoms with Crippen LogP contribution in [0.5, 0.6) is 5.75 Å². The summed E-state index contributed by atoms with van der Waals surface area (Å²) < 4.78 is 7.26. The first-order chi connectivity index (χ1) is 12.1. The first-order valence-corrected chi connectivity index (χ1v) is 8.06. The van der Waals surface area contributed by atoms with Crippen LogP contribution in [0.1, 0.15) is 29.8 Å². The summed E-state index contributed by atoms with van der Waals surface area (Å²) >= 11 is 0. The molecule has 126 valence electrons. The third-order valence-electron chi connectivity index (χ3n) is 3.51. The van der Waals surface area contributed by atoms with E-state index in [0.717, 1.165) is 17.0 Å². The Labute approximate surface area is 146 Å². The standard InChI is InChI=1S/C20H19N3O2/c1-15(2)25-19-10-6-17(7-11-19)20(24)12-5-16-3-8-18(9-4-16)23-14-21-13-22-23/h3-15H,1-2H3/b12-5+. The number of allylic oxidation sites excluding steroid dienone is 1. The van der Waals surface area contributed by atoms with Gasteiger partial charge in [0.15, 0.2) is 5.78 Å². The molecular weight excluding hydrogens is 314 g/mol. The molecule has 0 aliphatic carbocycles. The second-order valence-corrected chi connectivity index (χ2v) is 5.82. The third-order valence-corrected chi connectivity index (χ3v) is 3.51. The number of rotatable bonds is 6. The Balaban J connectivity index is 1.66. The third kappa shape index (κ3) is 4.41. The highest BCUT2D eigenvalue weighted by atomic mass is 16.5. The Kier molecular flexibility index (Phi) is 5.04. The van der Waals surface area contributed by atoms with E-state index in [1.165, 1.54) is 6.33 Å². The van der Waals surface area contributed by atoms with E-state index in [9.17, 15) is 4.79 Å². The molecule has 5 heteroatoms. The molecule has 0 unspecified atom stereocenters. The van der Waals surface area contributed by atoms with Crippen molar-refractivity contribution in [2.45, 2.75) is 20.0 Å². The fourth-order valence-electron chi connectivity index (χ4n) is 2.32. The maximum absolute atomic E-state index is 12.3. The minimum Gasteiger partial charge on any atom is -0.491 e. The van der Waals surface area contributed by atoms with Crippen molar-refractivity contribution in [1.82, 2.24) is 14.8 Å². The van der Waals surface area contributed by atoms with Crippen molar-refractivity contribution in [3.05, 3.63) is 78.4 Å². The van der Waals surface area contributed by atoms with Gasteiger partial charge in [-0.3, -0.25) is 4.79 Å². The Hall–Kier alpha value is -3.21. The van der Waals surface area contributed by atoms with Crippen LogP contribution < -0.4 is 4.74 Å². The summed E-state index contributed by atoms with van der Waals surface area (Å²) in [5, 5.41) is 4.08. The molecule has 5 nitrogen and oxygen atoms in total. The SMILES string of the molecule is CC(C)Oc1ccc(C(=O)/C=C/c2ccc(-n3cncn3)cc2)cc1. The predicted molar refractivity (Wildman–Crippen MR) is 96.9 cm³/mol. The zero-order valence-corrected chi connectivity index (χ0v) is 14.2. The molecule has 0 aliphatic heterocycles. The van der Waals surface area contributed by atoms with E-state index < -0.39 is 0 Å². The summed E-state index contributed by atoms with van der Waals surface area (Å²) in [5.74, 6) is 0.718. The molecule has 0 atom stereocenters. The molecule has 0 spiro atoms. The van der Waals surface area contributed by atoms with Crippen molar-refractivity contribution in [3.8, 4) is 11.4 Å². The Bertz CT molecular complexity index is 849. The maximum atomic E-state index is 12.3. The van der Waals surface area contributed by atoms with Gasteiger partial charge in [0, 0.05) is 5.56 Å². The molecule has 1 heterocycles. The fourth-order valence-corrected chi connectivity index (χ4v) is 2.32. The smallest absolute Gasteiger partial charge is 0.185 e. The van der Waals surface area contributed by atoms with Crippen molar-refractivity contribution >= 4 is 11.9 Å². The van der Waals surface area contributed by atoms with Gasteiger partial charge in [-0.15, -0.1) is 0 Å². The number of aromatic nitrogens is 3. The van der Waals surface area contributed by atoms with Crippen LogP contribution in [-0.4, -0.2) is 26.7 Å². The number of nitrogens with zero attached hydrogens (tertiary/aromatic N) is 3. The van der Waals surface area contributed by atoms with E-state index >= 15 is 0 Å². The normalized spacial score (nSPS) is 11.2. The quantitative estimate of drug-likeness (QED) is 0.506. The molecule has 0 radical (unpaired) electrons. The molecule has 3 aromatic rings. The summed E-state index contributed by atoms with van der Waals surface area (Å²) in [6, 6.07) is 14.9. The number of hydrogen-bond acceptors (Lipinski definition) is 4. The second-order valence-electron chi connectivity index (χ2n) is 5.82. The van der Waals surface area contributed by atoms with Crippen LogP contribution >= 0.6 is 0 Å². The number of carbonyl (C=O) groups excluding carboxylic acids is 1. The minimum atomic E-state index is -0.0450. The van der Waals surface area contributed by atoms with Gasteiger partial charge in [-0.1, -0.05) is 18.2 Å². The summed E-state index contributed by atoms with van der Waals surface area (Å²) in [7, 11) is 0. The van der Waals surface area contributed by atoms with E-state index in [-0.39, 0.29) is 11.9 Å². The van der Waals surface area contributed by atoms with Gasteiger partial charge in [-0.05, 0) is 61.9 Å². The van der Waals surface area contributed by atoms with E-state index in [1.54, 1.807) is 35.3 Å². The van der Waals surface area contributed by atoms with Crippen molar-refractivity contribution < 1.29 is 9.53 Å². The van der Waals surface area contributed by atoms with E-state index in [4.69, 9.17) is 4.74 Å². The molecule has 25 heavy (non-hydrogen) atoms. The zero-order valence-electron chi connectivity index (χ0n) is 14.2. The molecule has 0 saturated carbocycles. The Morgan fingerprint density at radius 1 is 1.08 bits per heavy atom. The van der Waals surface area contributed by atoms with Crippen LogP contribution in [0.25, 0.3) is 11.8 Å². The monoisotopic (exact) mass is 333 g/mol. The van der Waals surface area contributed by atoms with Gasteiger partial charge in [-0.2, -0.15) is 5.10 Å². The van der Waals surface area contributed by atoms with Gasteiger partial charge in [0.25, 0.3) is 0 Å². The number of ether oxygens (including phenoxy) is 1. The maximum Gasteiger partial charge on any atom is 0.185 e. The highest BCUT2D eigenvalue weighted by Crippen LogP contribution is 2.15. The number of carbonyl (C=O) groups is 1. The molecule has 0 saturated heterocycles. The van der Waals surface area contributed by atoms with Crippen LogP contribution in [0.15, 0.2) is 67.3 Å². The summed E-state index contributed by atoms with van der Waals surface area (Å²) in [4.78, 5) is 16.2. The number of ketones is 1. The van der Waals surface area contributed by atoms with Crippen LogP contribution in [0.2, 0.25) is 0 Å². The topological polar surface area (TPSA) is 57.0 Å². The van der Waals surface area contributed by atoms with Crippen LogP contribution in [-0.2, 0) is 0 Å². The van der Waals surface area contributed by atoms with E-state index in [2.05, 4.69) is 10.1 Å². The van der Waals surface area contributed by atoms with Gasteiger partial charge < -0.3 is 4.74 Å². The largest absolute Gasteiger partial charge is 0.491 e. The predicted octanol–water partition coefficient (Wildman–Crippen LogP) is 3.95.